The predicted molar refractivity (Wildman–Crippen MR) is 98.5 cm³/mol. The second kappa shape index (κ2) is 7.52. The zero-order valence-corrected chi connectivity index (χ0v) is 14.5. The van der Waals surface area contributed by atoms with Crippen LogP contribution in [0.1, 0.15) is 29.0 Å². The van der Waals surface area contributed by atoms with Crippen LogP contribution in [0.2, 0.25) is 0 Å². The summed E-state index contributed by atoms with van der Waals surface area (Å²) in [4.78, 5) is 23.0. The third kappa shape index (κ3) is 3.67. The molecule has 0 atom stereocenters. The van der Waals surface area contributed by atoms with E-state index in [9.17, 15) is 4.79 Å². The molecule has 3 aromatic heterocycles. The highest BCUT2D eigenvalue weighted by molar-refractivity contribution is 5.92. The number of carbonyl (C=O) groups is 1. The van der Waals surface area contributed by atoms with E-state index in [4.69, 9.17) is 4.42 Å². The fourth-order valence-corrected chi connectivity index (χ4v) is 3.45. The molecule has 0 aromatic carbocycles. The molecule has 0 spiro atoms. The van der Waals surface area contributed by atoms with Crippen molar-refractivity contribution in [3.8, 4) is 11.5 Å². The Morgan fingerprint density at radius 3 is 2.69 bits per heavy atom. The molecule has 1 saturated heterocycles. The van der Waals surface area contributed by atoms with Crippen molar-refractivity contribution in [2.24, 2.45) is 5.92 Å². The van der Waals surface area contributed by atoms with Gasteiger partial charge in [0.2, 0.25) is 0 Å². The average Bonchev–Trinajstić information content (AvgIpc) is 3.20. The Hall–Kier alpha value is -2.95. The number of piperidine rings is 1. The van der Waals surface area contributed by atoms with Gasteiger partial charge >= 0.3 is 0 Å². The molecule has 5 nitrogen and oxygen atoms in total. The minimum Gasteiger partial charge on any atom is -0.449 e. The minimum atomic E-state index is -0.0352. The summed E-state index contributed by atoms with van der Waals surface area (Å²) in [5.41, 5.74) is 2.00. The Balaban J connectivity index is 1.36. The van der Waals surface area contributed by atoms with Gasteiger partial charge in [0.1, 0.15) is 5.69 Å². The quantitative estimate of drug-likeness (QED) is 0.720. The molecule has 0 unspecified atom stereocenters. The van der Waals surface area contributed by atoms with E-state index in [2.05, 4.69) is 16.0 Å². The Labute approximate surface area is 152 Å². The van der Waals surface area contributed by atoms with Gasteiger partial charge in [0, 0.05) is 31.7 Å². The topological polar surface area (TPSA) is 59.2 Å². The lowest BCUT2D eigenvalue weighted by atomic mass is 9.90. The first kappa shape index (κ1) is 16.5. The van der Waals surface area contributed by atoms with Crippen molar-refractivity contribution < 1.29 is 9.21 Å². The highest BCUT2D eigenvalue weighted by Gasteiger charge is 2.25. The maximum atomic E-state index is 12.7. The zero-order chi connectivity index (χ0) is 17.8. The average molecular weight is 347 g/mol. The first-order chi connectivity index (χ1) is 12.8. The molecule has 0 bridgehead atoms. The number of amides is 1. The number of hydrogen-bond acceptors (Lipinski definition) is 4. The van der Waals surface area contributed by atoms with Crippen LogP contribution < -0.4 is 0 Å². The summed E-state index contributed by atoms with van der Waals surface area (Å²) in [6.45, 7) is 1.53. The molecule has 0 N–H and O–H groups in total. The molecule has 4 heterocycles. The number of pyridine rings is 2. The summed E-state index contributed by atoms with van der Waals surface area (Å²) in [6, 6.07) is 13.3. The van der Waals surface area contributed by atoms with E-state index in [-0.39, 0.29) is 5.91 Å². The van der Waals surface area contributed by atoms with Crippen LogP contribution in [0.5, 0.6) is 0 Å². The number of rotatable bonds is 4. The maximum absolute atomic E-state index is 12.7. The molecule has 132 valence electrons. The summed E-state index contributed by atoms with van der Waals surface area (Å²) in [5.74, 6) is 1.58. The van der Waals surface area contributed by atoms with Crippen LogP contribution in [0.15, 0.2) is 65.5 Å². The molecule has 1 amide bonds. The fraction of sp³-hybridized carbons (Fsp3) is 0.286. The lowest BCUT2D eigenvalue weighted by molar-refractivity contribution is 0.0659. The van der Waals surface area contributed by atoms with Crippen molar-refractivity contribution in [1.82, 2.24) is 14.9 Å². The van der Waals surface area contributed by atoms with Gasteiger partial charge in [-0.25, -0.2) is 0 Å². The zero-order valence-electron chi connectivity index (χ0n) is 14.5. The number of hydrogen-bond donors (Lipinski definition) is 0. The minimum absolute atomic E-state index is 0.0352. The van der Waals surface area contributed by atoms with Gasteiger partial charge in [-0.15, -0.1) is 0 Å². The van der Waals surface area contributed by atoms with E-state index in [1.54, 1.807) is 18.5 Å². The SMILES string of the molecule is O=C(c1ccc(-c2ccccn2)o1)N1CCC(Cc2cccnc2)CC1. The summed E-state index contributed by atoms with van der Waals surface area (Å²) in [5, 5.41) is 0. The van der Waals surface area contributed by atoms with E-state index in [0.717, 1.165) is 38.0 Å². The van der Waals surface area contributed by atoms with Crippen LogP contribution in [-0.4, -0.2) is 33.9 Å². The summed E-state index contributed by atoms with van der Waals surface area (Å²) < 4.78 is 5.75. The maximum Gasteiger partial charge on any atom is 0.289 e. The molecule has 1 fully saturated rings. The van der Waals surface area contributed by atoms with Crippen molar-refractivity contribution in [3.63, 3.8) is 0 Å². The molecule has 1 aliphatic rings. The Kier molecular flexibility index (Phi) is 4.78. The molecule has 26 heavy (non-hydrogen) atoms. The van der Waals surface area contributed by atoms with Gasteiger partial charge in [0.05, 0.1) is 0 Å². The largest absolute Gasteiger partial charge is 0.449 e. The van der Waals surface area contributed by atoms with E-state index < -0.39 is 0 Å². The van der Waals surface area contributed by atoms with Gasteiger partial charge in [-0.3, -0.25) is 14.8 Å². The Bertz CT molecular complexity index is 853. The molecule has 4 rings (SSSR count). The van der Waals surface area contributed by atoms with Crippen LogP contribution >= 0.6 is 0 Å². The predicted octanol–water partition coefficient (Wildman–Crippen LogP) is 3.83. The molecule has 0 radical (unpaired) electrons. The number of furan rings is 1. The van der Waals surface area contributed by atoms with Gasteiger partial charge in [-0.1, -0.05) is 12.1 Å². The number of carbonyl (C=O) groups excluding carboxylic acids is 1. The lowest BCUT2D eigenvalue weighted by Gasteiger charge is -2.31. The van der Waals surface area contributed by atoms with Crippen LogP contribution in [0.25, 0.3) is 11.5 Å². The fourth-order valence-electron chi connectivity index (χ4n) is 3.45. The number of nitrogens with zero attached hydrogens (tertiary/aromatic N) is 3. The van der Waals surface area contributed by atoms with Crippen LogP contribution in [0.3, 0.4) is 0 Å². The molecular weight excluding hydrogens is 326 g/mol. The highest BCUT2D eigenvalue weighted by atomic mass is 16.4. The van der Waals surface area contributed by atoms with E-state index in [1.165, 1.54) is 5.56 Å². The monoisotopic (exact) mass is 347 g/mol. The van der Waals surface area contributed by atoms with Crippen LogP contribution in [0.4, 0.5) is 0 Å². The first-order valence-electron chi connectivity index (χ1n) is 8.99. The molecule has 0 aliphatic carbocycles. The summed E-state index contributed by atoms with van der Waals surface area (Å²) >= 11 is 0. The second-order valence-electron chi connectivity index (χ2n) is 6.68. The van der Waals surface area contributed by atoms with Crippen molar-refractivity contribution in [2.75, 3.05) is 13.1 Å². The first-order valence-corrected chi connectivity index (χ1v) is 8.99. The highest BCUT2D eigenvalue weighted by Crippen LogP contribution is 2.25. The van der Waals surface area contributed by atoms with Gasteiger partial charge in [0.15, 0.2) is 11.5 Å². The Morgan fingerprint density at radius 2 is 1.96 bits per heavy atom. The van der Waals surface area contributed by atoms with Gasteiger partial charge in [-0.2, -0.15) is 0 Å². The molecule has 3 aromatic rings. The standard InChI is InChI=1S/C21H21N3O2/c25-21(20-7-6-19(26-20)18-5-1-2-11-23-18)24-12-8-16(9-13-24)14-17-4-3-10-22-15-17/h1-7,10-11,15-16H,8-9,12-14H2. The van der Waals surface area contributed by atoms with Crippen LogP contribution in [0, 0.1) is 5.92 Å². The van der Waals surface area contributed by atoms with Crippen molar-refractivity contribution in [3.05, 3.63) is 72.4 Å². The number of likely N-dealkylation sites (tertiary alicyclic amines) is 1. The van der Waals surface area contributed by atoms with Crippen molar-refractivity contribution in [2.45, 2.75) is 19.3 Å². The molecule has 1 aliphatic heterocycles. The third-order valence-electron chi connectivity index (χ3n) is 4.88. The smallest absolute Gasteiger partial charge is 0.289 e. The van der Waals surface area contributed by atoms with Gasteiger partial charge < -0.3 is 9.32 Å². The third-order valence-corrected chi connectivity index (χ3v) is 4.88. The van der Waals surface area contributed by atoms with E-state index in [1.807, 2.05) is 41.4 Å². The van der Waals surface area contributed by atoms with Crippen molar-refractivity contribution in [1.29, 1.82) is 0 Å². The summed E-state index contributed by atoms with van der Waals surface area (Å²) in [7, 11) is 0. The summed E-state index contributed by atoms with van der Waals surface area (Å²) in [6.07, 6.45) is 8.49. The molecule has 5 heteroatoms. The van der Waals surface area contributed by atoms with E-state index >= 15 is 0 Å². The van der Waals surface area contributed by atoms with Gasteiger partial charge in [0.25, 0.3) is 5.91 Å². The van der Waals surface area contributed by atoms with Gasteiger partial charge in [-0.05, 0) is 61.1 Å². The molecular formula is C21H21N3O2. The number of aromatic nitrogens is 2. The molecule has 0 saturated carbocycles. The van der Waals surface area contributed by atoms with E-state index in [0.29, 0.717) is 17.4 Å². The van der Waals surface area contributed by atoms with Crippen LogP contribution in [-0.2, 0) is 6.42 Å². The Morgan fingerprint density at radius 1 is 1.08 bits per heavy atom. The normalized spacial score (nSPS) is 15.2. The lowest BCUT2D eigenvalue weighted by Crippen LogP contribution is -2.38. The second-order valence-corrected chi connectivity index (χ2v) is 6.68. The van der Waals surface area contributed by atoms with Crippen molar-refractivity contribution >= 4 is 5.91 Å².